The van der Waals surface area contributed by atoms with Crippen molar-refractivity contribution >= 4 is 58.4 Å². The van der Waals surface area contributed by atoms with E-state index in [2.05, 4.69) is 58.2 Å². The Balaban J connectivity index is 3.04. The molecule has 78 valence electrons. The lowest BCUT2D eigenvalue weighted by Crippen LogP contribution is -2.29. The van der Waals surface area contributed by atoms with Crippen molar-refractivity contribution in [1.29, 1.82) is 0 Å². The van der Waals surface area contributed by atoms with Gasteiger partial charge in [0, 0.05) is 8.04 Å². The highest BCUT2D eigenvalue weighted by molar-refractivity contribution is 14.1. The number of rotatable bonds is 2. The van der Waals surface area contributed by atoms with Crippen LogP contribution in [0.1, 0.15) is 0 Å². The van der Waals surface area contributed by atoms with Gasteiger partial charge in [0.05, 0.1) is 5.02 Å². The number of halogens is 3. The van der Waals surface area contributed by atoms with E-state index in [1.807, 2.05) is 12.1 Å². The summed E-state index contributed by atoms with van der Waals surface area (Å²) in [5, 5.41) is 0.666. The Hall–Kier alpha value is 0.737. The van der Waals surface area contributed by atoms with E-state index in [4.69, 9.17) is 16.0 Å². The minimum absolute atomic E-state index is 0.666. The van der Waals surface area contributed by atoms with Crippen LogP contribution in [0, 0.1) is 3.57 Å². The molecule has 0 heterocycles. The van der Waals surface area contributed by atoms with E-state index < -0.39 is 8.32 Å². The number of hydrogen-bond acceptors (Lipinski definition) is 1. The monoisotopic (exact) mass is 404 g/mol. The average molecular weight is 406 g/mol. The first kappa shape index (κ1) is 12.8. The van der Waals surface area contributed by atoms with Crippen molar-refractivity contribution in [1.82, 2.24) is 0 Å². The van der Waals surface area contributed by atoms with Gasteiger partial charge >= 0.3 is 0 Å². The fraction of sp³-hybridized carbons (Fsp3) is 0.333. The van der Waals surface area contributed by atoms with E-state index in [0.29, 0.717) is 5.02 Å². The van der Waals surface area contributed by atoms with Crippen molar-refractivity contribution in [3.05, 3.63) is 25.2 Å². The Bertz CT molecular complexity index is 351. The van der Waals surface area contributed by atoms with Crippen molar-refractivity contribution in [3.63, 3.8) is 0 Å². The summed E-state index contributed by atoms with van der Waals surface area (Å²) in [7, 11) is -1.57. The zero-order valence-electron chi connectivity index (χ0n) is 8.20. The van der Waals surface area contributed by atoms with Crippen molar-refractivity contribution in [2.24, 2.45) is 0 Å². The second-order valence-corrected chi connectivity index (χ2v) is 10.8. The topological polar surface area (TPSA) is 9.23 Å². The molecule has 1 aromatic carbocycles. The minimum Gasteiger partial charge on any atom is -0.543 e. The summed E-state index contributed by atoms with van der Waals surface area (Å²) >= 11 is 11.7. The molecule has 0 spiro atoms. The highest BCUT2D eigenvalue weighted by Gasteiger charge is 2.18. The van der Waals surface area contributed by atoms with E-state index in [-0.39, 0.29) is 0 Å². The Labute approximate surface area is 113 Å². The molecule has 0 bridgehead atoms. The van der Waals surface area contributed by atoms with Crippen LogP contribution in [-0.2, 0) is 0 Å². The molecule has 0 unspecified atom stereocenters. The molecule has 0 fully saturated rings. The van der Waals surface area contributed by atoms with Crippen LogP contribution in [0.25, 0.3) is 0 Å². The van der Waals surface area contributed by atoms with Gasteiger partial charge in [-0.05, 0) is 70.3 Å². The maximum atomic E-state index is 6.07. The first-order valence-electron chi connectivity index (χ1n) is 4.13. The van der Waals surface area contributed by atoms with Crippen molar-refractivity contribution in [2.45, 2.75) is 19.6 Å². The molecule has 1 aromatic rings. The second kappa shape index (κ2) is 4.72. The van der Waals surface area contributed by atoms with E-state index in [0.717, 1.165) is 13.8 Å². The predicted molar refractivity (Wildman–Crippen MR) is 75.8 cm³/mol. The van der Waals surface area contributed by atoms with E-state index in [1.165, 1.54) is 0 Å². The quantitative estimate of drug-likeness (QED) is 0.386. The standard InChI is InChI=1S/C9H11BrClIOSi/c1-14(2,3)13-9-5-8(12)6(10)4-7(9)11/h4-5H,1-3H3. The smallest absolute Gasteiger partial charge is 0.242 e. The van der Waals surface area contributed by atoms with Crippen LogP contribution in [0.5, 0.6) is 5.75 Å². The number of benzene rings is 1. The van der Waals surface area contributed by atoms with Crippen LogP contribution in [0.15, 0.2) is 16.6 Å². The largest absolute Gasteiger partial charge is 0.543 e. The molecule has 1 nitrogen and oxygen atoms in total. The van der Waals surface area contributed by atoms with Gasteiger partial charge in [0.2, 0.25) is 8.32 Å². The first-order valence-corrected chi connectivity index (χ1v) is 9.79. The van der Waals surface area contributed by atoms with Crippen LogP contribution >= 0.6 is 50.1 Å². The van der Waals surface area contributed by atoms with Crippen LogP contribution in [0.4, 0.5) is 0 Å². The fourth-order valence-electron chi connectivity index (χ4n) is 0.912. The van der Waals surface area contributed by atoms with E-state index in [1.54, 1.807) is 0 Å². The molecule has 0 aliphatic heterocycles. The molecular weight excluding hydrogens is 394 g/mol. The highest BCUT2D eigenvalue weighted by Crippen LogP contribution is 2.33. The summed E-state index contributed by atoms with van der Waals surface area (Å²) in [6, 6.07) is 3.84. The molecule has 0 atom stereocenters. The van der Waals surface area contributed by atoms with Crippen LogP contribution < -0.4 is 4.43 Å². The molecule has 0 amide bonds. The summed E-state index contributed by atoms with van der Waals surface area (Å²) in [6.45, 7) is 6.41. The third kappa shape index (κ3) is 3.71. The second-order valence-electron chi connectivity index (χ2n) is 3.91. The highest BCUT2D eigenvalue weighted by atomic mass is 127. The molecule has 5 heteroatoms. The Morgan fingerprint density at radius 3 is 2.43 bits per heavy atom. The lowest BCUT2D eigenvalue weighted by molar-refractivity contribution is 0.557. The van der Waals surface area contributed by atoms with Gasteiger partial charge in [-0.3, -0.25) is 0 Å². The lowest BCUT2D eigenvalue weighted by Gasteiger charge is -2.20. The average Bonchev–Trinajstić information content (AvgIpc) is 1.97. The molecule has 1 rings (SSSR count). The number of hydrogen-bond donors (Lipinski definition) is 0. The molecule has 0 aromatic heterocycles. The Kier molecular flexibility index (Phi) is 4.31. The first-order chi connectivity index (χ1) is 6.29. The summed E-state index contributed by atoms with van der Waals surface area (Å²) in [6.07, 6.45) is 0. The van der Waals surface area contributed by atoms with Gasteiger partial charge in [-0.15, -0.1) is 0 Å². The third-order valence-corrected chi connectivity index (χ3v) is 4.81. The zero-order valence-corrected chi connectivity index (χ0v) is 13.7. The molecule has 0 saturated heterocycles. The minimum atomic E-state index is -1.57. The van der Waals surface area contributed by atoms with Gasteiger partial charge in [-0.1, -0.05) is 11.6 Å². The van der Waals surface area contributed by atoms with Crippen LogP contribution in [-0.4, -0.2) is 8.32 Å². The summed E-state index contributed by atoms with van der Waals surface area (Å²) in [4.78, 5) is 0. The fourth-order valence-corrected chi connectivity index (χ4v) is 2.92. The molecular formula is C9H11BrClIOSi. The summed E-state index contributed by atoms with van der Waals surface area (Å²) < 4.78 is 7.97. The Morgan fingerprint density at radius 2 is 1.93 bits per heavy atom. The Morgan fingerprint density at radius 1 is 1.36 bits per heavy atom. The maximum Gasteiger partial charge on any atom is 0.242 e. The normalized spacial score (nSPS) is 11.6. The van der Waals surface area contributed by atoms with Gasteiger partial charge in [0.25, 0.3) is 0 Å². The molecule has 0 radical (unpaired) electrons. The molecule has 0 N–H and O–H groups in total. The van der Waals surface area contributed by atoms with Crippen molar-refractivity contribution in [3.8, 4) is 5.75 Å². The maximum absolute atomic E-state index is 6.07. The van der Waals surface area contributed by atoms with E-state index >= 15 is 0 Å². The zero-order chi connectivity index (χ0) is 10.9. The SMILES string of the molecule is C[Si](C)(C)Oc1cc(I)c(Br)cc1Cl. The van der Waals surface area contributed by atoms with Gasteiger partial charge in [-0.25, -0.2) is 0 Å². The van der Waals surface area contributed by atoms with Crippen LogP contribution in [0.3, 0.4) is 0 Å². The predicted octanol–water partition coefficient (Wildman–Crippen LogP) is 4.92. The molecule has 0 aliphatic carbocycles. The van der Waals surface area contributed by atoms with Crippen molar-refractivity contribution < 1.29 is 4.43 Å². The molecule has 0 saturated carbocycles. The van der Waals surface area contributed by atoms with Gasteiger partial charge in [-0.2, -0.15) is 0 Å². The lowest BCUT2D eigenvalue weighted by atomic mass is 10.3. The molecule has 14 heavy (non-hydrogen) atoms. The van der Waals surface area contributed by atoms with Crippen LogP contribution in [0.2, 0.25) is 24.7 Å². The third-order valence-electron chi connectivity index (χ3n) is 1.39. The van der Waals surface area contributed by atoms with Gasteiger partial charge in [0.15, 0.2) is 0 Å². The van der Waals surface area contributed by atoms with Gasteiger partial charge in [0.1, 0.15) is 5.75 Å². The van der Waals surface area contributed by atoms with E-state index in [9.17, 15) is 0 Å². The summed E-state index contributed by atoms with van der Waals surface area (Å²) in [5.74, 6) is 0.790. The molecule has 0 aliphatic rings. The summed E-state index contributed by atoms with van der Waals surface area (Å²) in [5.41, 5.74) is 0. The van der Waals surface area contributed by atoms with Gasteiger partial charge < -0.3 is 4.43 Å². The van der Waals surface area contributed by atoms with Crippen molar-refractivity contribution in [2.75, 3.05) is 0 Å².